The maximum atomic E-state index is 12.1. The fraction of sp³-hybridized carbons (Fsp3) is 0.0870. The Hall–Kier alpha value is -4.11. The molecule has 0 heterocycles. The van der Waals surface area contributed by atoms with E-state index in [-0.39, 0.29) is 17.9 Å². The molecule has 0 saturated heterocycles. The Kier molecular flexibility index (Phi) is 7.96. The van der Waals surface area contributed by atoms with Crippen LogP contribution in [0.2, 0.25) is 0 Å². The quantitative estimate of drug-likeness (QED) is 0.246. The van der Waals surface area contributed by atoms with Crippen molar-refractivity contribution in [3.05, 3.63) is 84.0 Å². The molecule has 146 valence electrons. The molecular formula is C23H20N2O4. The fourth-order valence-electron chi connectivity index (χ4n) is 2.30. The van der Waals surface area contributed by atoms with Crippen LogP contribution in [0.4, 0.5) is 0 Å². The molecule has 0 aliphatic carbocycles. The number of carbonyl (C=O) groups is 2. The van der Waals surface area contributed by atoms with Crippen LogP contribution in [0.25, 0.3) is 12.2 Å². The second kappa shape index (κ2) is 10.9. The minimum Gasteiger partial charge on any atom is -0.493 e. The first-order valence-corrected chi connectivity index (χ1v) is 8.71. The summed E-state index contributed by atoms with van der Waals surface area (Å²) >= 11 is 0. The molecule has 6 nitrogen and oxygen atoms in total. The van der Waals surface area contributed by atoms with Crippen molar-refractivity contribution in [3.63, 3.8) is 0 Å². The molecule has 2 aromatic rings. The summed E-state index contributed by atoms with van der Waals surface area (Å²) in [6.45, 7) is 3.76. The highest BCUT2D eigenvalue weighted by molar-refractivity contribution is 6.01. The molecule has 2 aromatic carbocycles. The molecule has 0 saturated carbocycles. The number of amides is 1. The third kappa shape index (κ3) is 6.52. The summed E-state index contributed by atoms with van der Waals surface area (Å²) < 4.78 is 10.6. The first-order chi connectivity index (χ1) is 14.1. The highest BCUT2D eigenvalue weighted by Gasteiger charge is 2.11. The van der Waals surface area contributed by atoms with E-state index in [1.807, 2.05) is 36.4 Å². The van der Waals surface area contributed by atoms with Gasteiger partial charge in [-0.3, -0.25) is 4.79 Å². The molecule has 0 radical (unpaired) electrons. The van der Waals surface area contributed by atoms with Gasteiger partial charge in [0.1, 0.15) is 11.6 Å². The van der Waals surface area contributed by atoms with E-state index in [1.165, 1.54) is 31.4 Å². The summed E-state index contributed by atoms with van der Waals surface area (Å²) in [6.07, 6.45) is 5.90. The largest absolute Gasteiger partial charge is 0.493 e. The lowest BCUT2D eigenvalue weighted by Crippen LogP contribution is -2.24. The Balaban J connectivity index is 2.15. The summed E-state index contributed by atoms with van der Waals surface area (Å²) in [4.78, 5) is 24.0. The Morgan fingerprint density at radius 2 is 1.90 bits per heavy atom. The van der Waals surface area contributed by atoms with Gasteiger partial charge in [0.15, 0.2) is 11.5 Å². The monoisotopic (exact) mass is 388 g/mol. The topological polar surface area (TPSA) is 88.4 Å². The van der Waals surface area contributed by atoms with Gasteiger partial charge in [0.25, 0.3) is 5.91 Å². The van der Waals surface area contributed by atoms with E-state index < -0.39 is 11.9 Å². The van der Waals surface area contributed by atoms with Gasteiger partial charge < -0.3 is 14.8 Å². The van der Waals surface area contributed by atoms with Gasteiger partial charge in [0.2, 0.25) is 0 Å². The number of nitrogens with zero attached hydrogens (tertiary/aromatic N) is 1. The third-order valence-electron chi connectivity index (χ3n) is 3.69. The number of hydrogen-bond acceptors (Lipinski definition) is 5. The average molecular weight is 388 g/mol. The Morgan fingerprint density at radius 3 is 2.55 bits per heavy atom. The predicted octanol–water partition coefficient (Wildman–Crippen LogP) is 3.52. The van der Waals surface area contributed by atoms with Gasteiger partial charge in [-0.25, -0.2) is 4.79 Å². The van der Waals surface area contributed by atoms with E-state index in [0.717, 1.165) is 5.56 Å². The van der Waals surface area contributed by atoms with Crippen LogP contribution in [0.1, 0.15) is 11.1 Å². The molecule has 1 amide bonds. The van der Waals surface area contributed by atoms with Gasteiger partial charge in [0.05, 0.1) is 7.11 Å². The van der Waals surface area contributed by atoms with Gasteiger partial charge in [-0.1, -0.05) is 42.5 Å². The van der Waals surface area contributed by atoms with Crippen LogP contribution in [-0.4, -0.2) is 25.5 Å². The smallest absolute Gasteiger partial charge is 0.336 e. The number of esters is 1. The highest BCUT2D eigenvalue weighted by atomic mass is 16.6. The number of methoxy groups -OCH3 is 1. The Bertz CT molecular complexity index is 986. The third-order valence-corrected chi connectivity index (χ3v) is 3.69. The molecule has 1 N–H and O–H groups in total. The number of nitrogens with one attached hydrogen (secondary N) is 1. The lowest BCUT2D eigenvalue weighted by atomic mass is 10.1. The summed E-state index contributed by atoms with van der Waals surface area (Å²) in [7, 11) is 1.43. The maximum absolute atomic E-state index is 12.1. The first kappa shape index (κ1) is 21.2. The molecule has 0 spiro atoms. The zero-order chi connectivity index (χ0) is 21.1. The lowest BCUT2D eigenvalue weighted by Gasteiger charge is -2.09. The van der Waals surface area contributed by atoms with Crippen molar-refractivity contribution in [2.24, 2.45) is 0 Å². The number of carbonyl (C=O) groups excluding carboxylic acids is 2. The Labute approximate surface area is 169 Å². The SMILES string of the molecule is C=CCNC(=O)C(C#N)=Cc1ccc(OC(=O)C=Cc2ccccc2)c(OC)c1. The molecule has 29 heavy (non-hydrogen) atoms. The molecular weight excluding hydrogens is 368 g/mol. The first-order valence-electron chi connectivity index (χ1n) is 8.71. The molecule has 0 aliphatic rings. The minimum atomic E-state index is -0.558. The zero-order valence-corrected chi connectivity index (χ0v) is 15.9. The van der Waals surface area contributed by atoms with Crippen molar-refractivity contribution in [1.29, 1.82) is 5.26 Å². The van der Waals surface area contributed by atoms with E-state index in [1.54, 1.807) is 18.2 Å². The standard InChI is InChI=1S/C23H20N2O4/c1-3-13-25-23(27)19(16-24)14-18-9-11-20(21(15-18)28-2)29-22(26)12-10-17-7-5-4-6-8-17/h3-12,14-15H,1,13H2,2H3,(H,25,27). The van der Waals surface area contributed by atoms with Crippen molar-refractivity contribution >= 4 is 24.0 Å². The number of hydrogen-bond donors (Lipinski definition) is 1. The minimum absolute atomic E-state index is 0.0653. The van der Waals surface area contributed by atoms with E-state index >= 15 is 0 Å². The van der Waals surface area contributed by atoms with Gasteiger partial charge >= 0.3 is 5.97 Å². The highest BCUT2D eigenvalue weighted by Crippen LogP contribution is 2.29. The van der Waals surface area contributed by atoms with Crippen molar-refractivity contribution in [3.8, 4) is 17.6 Å². The van der Waals surface area contributed by atoms with E-state index in [4.69, 9.17) is 9.47 Å². The molecule has 0 fully saturated rings. The second-order valence-electron chi connectivity index (χ2n) is 5.74. The normalized spacial score (nSPS) is 10.8. The van der Waals surface area contributed by atoms with Gasteiger partial charge in [0, 0.05) is 12.6 Å². The number of rotatable bonds is 8. The van der Waals surface area contributed by atoms with Crippen molar-refractivity contribution in [2.75, 3.05) is 13.7 Å². The van der Waals surface area contributed by atoms with Crippen LogP contribution in [0.3, 0.4) is 0 Å². The van der Waals surface area contributed by atoms with Crippen LogP contribution in [-0.2, 0) is 9.59 Å². The van der Waals surface area contributed by atoms with Crippen LogP contribution in [0.5, 0.6) is 11.5 Å². The molecule has 0 bridgehead atoms. The van der Waals surface area contributed by atoms with Crippen molar-refractivity contribution in [2.45, 2.75) is 0 Å². The molecule has 0 aromatic heterocycles. The van der Waals surface area contributed by atoms with E-state index in [0.29, 0.717) is 11.3 Å². The van der Waals surface area contributed by atoms with Crippen molar-refractivity contribution in [1.82, 2.24) is 5.32 Å². The summed E-state index contributed by atoms with van der Waals surface area (Å²) in [5, 5.41) is 11.7. The number of benzene rings is 2. The summed E-state index contributed by atoms with van der Waals surface area (Å²) in [5.74, 6) is -0.545. The predicted molar refractivity (Wildman–Crippen MR) is 111 cm³/mol. The van der Waals surface area contributed by atoms with Gasteiger partial charge in [-0.2, -0.15) is 5.26 Å². The van der Waals surface area contributed by atoms with Crippen LogP contribution in [0, 0.1) is 11.3 Å². The van der Waals surface area contributed by atoms with Crippen molar-refractivity contribution < 1.29 is 19.1 Å². The zero-order valence-electron chi connectivity index (χ0n) is 15.9. The molecule has 0 aliphatic heterocycles. The van der Waals surface area contributed by atoms with Crippen LogP contribution < -0.4 is 14.8 Å². The van der Waals surface area contributed by atoms with E-state index in [2.05, 4.69) is 11.9 Å². The van der Waals surface area contributed by atoms with Gasteiger partial charge in [-0.15, -0.1) is 6.58 Å². The average Bonchev–Trinajstić information content (AvgIpc) is 2.75. The molecule has 6 heteroatoms. The summed E-state index contributed by atoms with van der Waals surface area (Å²) in [6, 6.07) is 15.9. The molecule has 0 atom stereocenters. The number of nitriles is 1. The van der Waals surface area contributed by atoms with Crippen LogP contribution >= 0.6 is 0 Å². The number of ether oxygens (including phenoxy) is 2. The van der Waals surface area contributed by atoms with E-state index in [9.17, 15) is 14.9 Å². The van der Waals surface area contributed by atoms with Crippen LogP contribution in [0.15, 0.2) is 72.8 Å². The summed E-state index contributed by atoms with van der Waals surface area (Å²) in [5.41, 5.74) is 1.35. The van der Waals surface area contributed by atoms with Gasteiger partial charge in [-0.05, 0) is 35.4 Å². The fourth-order valence-corrected chi connectivity index (χ4v) is 2.30. The lowest BCUT2D eigenvalue weighted by molar-refractivity contribution is -0.129. The molecule has 0 unspecified atom stereocenters. The Morgan fingerprint density at radius 1 is 1.14 bits per heavy atom. The second-order valence-corrected chi connectivity index (χ2v) is 5.74. The molecule has 2 rings (SSSR count). The maximum Gasteiger partial charge on any atom is 0.336 e.